The second-order valence-electron chi connectivity index (χ2n) is 10.2. The first kappa shape index (κ1) is 28.2. The average molecular weight is 577 g/mol. The van der Waals surface area contributed by atoms with Gasteiger partial charge in [0.25, 0.3) is 0 Å². The van der Waals surface area contributed by atoms with Gasteiger partial charge >= 0.3 is 0 Å². The second-order valence-corrected chi connectivity index (χ2v) is 12.2. The zero-order valence-corrected chi connectivity index (χ0v) is 24.3. The molecule has 0 aromatic carbocycles. The standard InChI is InChI=1S/C28H32N8O4S/c1-17-15-36(16-18(2)40-17)21-6-7-24(29-13-21)22-14-30-26(31-19(3)37)12-25(22)32-27-10-20(23-8-9-35(4)34-23)11-28(33-27)41(5,38)39/h6-14,17-18H,15-16H2,1-5H3,(H2,30,31,32,33,37). The number of aryl methyl sites for hydroxylation is 1. The minimum absolute atomic E-state index is 0.0997. The smallest absolute Gasteiger partial charge is 0.222 e. The zero-order chi connectivity index (χ0) is 29.3. The monoisotopic (exact) mass is 576 g/mol. The summed E-state index contributed by atoms with van der Waals surface area (Å²) in [5.74, 6) is 0.325. The number of morpholine rings is 1. The second kappa shape index (κ2) is 11.3. The van der Waals surface area contributed by atoms with E-state index in [4.69, 9.17) is 9.72 Å². The number of amides is 1. The summed E-state index contributed by atoms with van der Waals surface area (Å²) in [6, 6.07) is 10.6. The number of nitrogens with one attached hydrogen (secondary N) is 2. The van der Waals surface area contributed by atoms with Crippen molar-refractivity contribution in [1.82, 2.24) is 24.7 Å². The quantitative estimate of drug-likeness (QED) is 0.334. The van der Waals surface area contributed by atoms with E-state index in [0.717, 1.165) is 25.0 Å². The molecule has 5 heterocycles. The van der Waals surface area contributed by atoms with Crippen molar-refractivity contribution in [3.8, 4) is 22.5 Å². The van der Waals surface area contributed by atoms with Crippen LogP contribution in [-0.2, 0) is 26.4 Å². The molecule has 0 bridgehead atoms. The third-order valence-corrected chi connectivity index (χ3v) is 7.44. The Morgan fingerprint density at radius 3 is 2.37 bits per heavy atom. The van der Waals surface area contributed by atoms with E-state index in [1.807, 2.05) is 18.3 Å². The van der Waals surface area contributed by atoms with Gasteiger partial charge in [0, 0.05) is 62.9 Å². The zero-order valence-electron chi connectivity index (χ0n) is 23.5. The number of aromatic nitrogens is 5. The third-order valence-electron chi connectivity index (χ3n) is 6.47. The van der Waals surface area contributed by atoms with E-state index >= 15 is 0 Å². The predicted octanol–water partition coefficient (Wildman–Crippen LogP) is 3.66. The molecule has 0 saturated carbocycles. The van der Waals surface area contributed by atoms with Crippen LogP contribution in [0.4, 0.5) is 23.0 Å². The number of hydrogen-bond donors (Lipinski definition) is 2. The molecule has 1 fully saturated rings. The van der Waals surface area contributed by atoms with Crippen LogP contribution < -0.4 is 15.5 Å². The lowest BCUT2D eigenvalue weighted by Crippen LogP contribution is -2.45. The first-order valence-electron chi connectivity index (χ1n) is 13.1. The molecule has 1 saturated heterocycles. The summed E-state index contributed by atoms with van der Waals surface area (Å²) in [7, 11) is -1.85. The Hall–Kier alpha value is -4.36. The summed E-state index contributed by atoms with van der Waals surface area (Å²) in [5.41, 5.74) is 3.97. The molecule has 2 N–H and O–H groups in total. The highest BCUT2D eigenvalue weighted by molar-refractivity contribution is 7.90. The van der Waals surface area contributed by atoms with Crippen molar-refractivity contribution < 1.29 is 17.9 Å². The van der Waals surface area contributed by atoms with E-state index < -0.39 is 9.84 Å². The molecule has 0 radical (unpaired) electrons. The van der Waals surface area contributed by atoms with Crippen molar-refractivity contribution in [3.63, 3.8) is 0 Å². The third kappa shape index (κ3) is 6.69. The Kier molecular flexibility index (Phi) is 7.74. The van der Waals surface area contributed by atoms with Crippen LogP contribution in [0.5, 0.6) is 0 Å². The van der Waals surface area contributed by atoms with Crippen LogP contribution in [0.25, 0.3) is 22.5 Å². The molecule has 214 valence electrons. The Balaban J connectivity index is 1.54. The van der Waals surface area contributed by atoms with Crippen LogP contribution in [0, 0.1) is 0 Å². The number of anilines is 4. The molecular formula is C28H32N8O4S. The van der Waals surface area contributed by atoms with Gasteiger partial charge in [-0.1, -0.05) is 0 Å². The molecule has 1 amide bonds. The Labute approximate surface area is 238 Å². The lowest BCUT2D eigenvalue weighted by molar-refractivity contribution is -0.114. The maximum atomic E-state index is 12.5. The highest BCUT2D eigenvalue weighted by atomic mass is 32.2. The maximum Gasteiger partial charge on any atom is 0.222 e. The predicted molar refractivity (Wildman–Crippen MR) is 157 cm³/mol. The number of carbonyl (C=O) groups is 1. The minimum atomic E-state index is -3.63. The number of hydrogen-bond acceptors (Lipinski definition) is 10. The maximum absolute atomic E-state index is 12.5. The topological polar surface area (TPSA) is 144 Å². The van der Waals surface area contributed by atoms with Crippen LogP contribution in [0.3, 0.4) is 0 Å². The fourth-order valence-corrected chi connectivity index (χ4v) is 5.35. The van der Waals surface area contributed by atoms with Gasteiger partial charge in [0.1, 0.15) is 11.6 Å². The Morgan fingerprint density at radius 2 is 1.76 bits per heavy atom. The number of nitrogens with zero attached hydrogens (tertiary/aromatic N) is 6. The van der Waals surface area contributed by atoms with Crippen molar-refractivity contribution in [3.05, 3.63) is 55.0 Å². The number of ether oxygens (including phenoxy) is 1. The SMILES string of the molecule is CC(=O)Nc1cc(Nc2cc(-c3ccn(C)n3)cc(S(C)(=O)=O)n2)c(-c2ccc(N3CC(C)OC(C)C3)cn2)cn1. The van der Waals surface area contributed by atoms with Crippen LogP contribution in [0.2, 0.25) is 0 Å². The molecule has 0 aliphatic carbocycles. The van der Waals surface area contributed by atoms with E-state index in [-0.39, 0.29) is 29.0 Å². The molecule has 13 heteroatoms. The highest BCUT2D eigenvalue weighted by Gasteiger charge is 2.23. The molecule has 2 atom stereocenters. The van der Waals surface area contributed by atoms with Crippen molar-refractivity contribution >= 4 is 38.8 Å². The summed E-state index contributed by atoms with van der Waals surface area (Å²) in [5, 5.41) is 10.2. The Morgan fingerprint density at radius 1 is 1.00 bits per heavy atom. The van der Waals surface area contributed by atoms with Crippen LogP contribution in [0.15, 0.2) is 60.0 Å². The van der Waals surface area contributed by atoms with Gasteiger partial charge in [0.05, 0.1) is 41.2 Å². The number of pyridine rings is 3. The van der Waals surface area contributed by atoms with E-state index in [9.17, 15) is 13.2 Å². The highest BCUT2D eigenvalue weighted by Crippen LogP contribution is 2.33. The number of carbonyl (C=O) groups excluding carboxylic acids is 1. The molecular weight excluding hydrogens is 544 g/mol. The largest absolute Gasteiger partial charge is 0.372 e. The Bertz CT molecular complexity index is 1680. The van der Waals surface area contributed by atoms with Crippen LogP contribution >= 0.6 is 0 Å². The summed E-state index contributed by atoms with van der Waals surface area (Å²) < 4.78 is 32.5. The number of rotatable bonds is 7. The normalized spacial score (nSPS) is 17.3. The molecule has 4 aromatic heterocycles. The fourth-order valence-electron chi connectivity index (χ4n) is 4.75. The van der Waals surface area contributed by atoms with Gasteiger partial charge in [-0.2, -0.15) is 5.10 Å². The van der Waals surface area contributed by atoms with Crippen LogP contribution in [0.1, 0.15) is 20.8 Å². The fraction of sp³-hybridized carbons (Fsp3) is 0.321. The van der Waals surface area contributed by atoms with E-state index in [0.29, 0.717) is 34.0 Å². The molecule has 5 rings (SSSR count). The van der Waals surface area contributed by atoms with E-state index in [2.05, 4.69) is 44.4 Å². The van der Waals surface area contributed by atoms with Gasteiger partial charge in [-0.05, 0) is 44.2 Å². The van der Waals surface area contributed by atoms with Crippen molar-refractivity contribution in [2.45, 2.75) is 38.0 Å². The lowest BCUT2D eigenvalue weighted by atomic mass is 10.1. The van der Waals surface area contributed by atoms with Gasteiger partial charge in [-0.3, -0.25) is 14.5 Å². The summed E-state index contributed by atoms with van der Waals surface area (Å²) in [4.78, 5) is 27.5. The van der Waals surface area contributed by atoms with Crippen molar-refractivity contribution in [2.75, 3.05) is 34.9 Å². The molecule has 1 aliphatic heterocycles. The molecule has 12 nitrogen and oxygen atoms in total. The van der Waals surface area contributed by atoms with Gasteiger partial charge in [0.15, 0.2) is 14.9 Å². The molecule has 0 spiro atoms. The molecule has 41 heavy (non-hydrogen) atoms. The summed E-state index contributed by atoms with van der Waals surface area (Å²) >= 11 is 0. The van der Waals surface area contributed by atoms with Gasteiger partial charge in [0.2, 0.25) is 5.91 Å². The van der Waals surface area contributed by atoms with Gasteiger partial charge in [-0.25, -0.2) is 18.4 Å². The van der Waals surface area contributed by atoms with Gasteiger partial charge < -0.3 is 20.3 Å². The summed E-state index contributed by atoms with van der Waals surface area (Å²) in [6.45, 7) is 7.04. The van der Waals surface area contributed by atoms with Crippen LogP contribution in [-0.4, -0.2) is 70.6 Å². The first-order chi connectivity index (χ1) is 19.4. The van der Waals surface area contributed by atoms with Crippen molar-refractivity contribution in [1.29, 1.82) is 0 Å². The van der Waals surface area contributed by atoms with Gasteiger partial charge in [-0.15, -0.1) is 0 Å². The number of sulfone groups is 1. The first-order valence-corrected chi connectivity index (χ1v) is 15.0. The van der Waals surface area contributed by atoms with Crippen molar-refractivity contribution in [2.24, 2.45) is 7.05 Å². The lowest BCUT2D eigenvalue weighted by Gasteiger charge is -2.36. The molecule has 1 aliphatic rings. The van der Waals surface area contributed by atoms with E-state index in [1.54, 1.807) is 42.3 Å². The minimum Gasteiger partial charge on any atom is -0.372 e. The average Bonchev–Trinajstić information content (AvgIpc) is 3.34. The molecule has 4 aromatic rings. The van der Waals surface area contributed by atoms with E-state index in [1.165, 1.54) is 13.0 Å². The molecule has 2 unspecified atom stereocenters. The summed E-state index contributed by atoms with van der Waals surface area (Å²) in [6.07, 6.45) is 6.53.